The van der Waals surface area contributed by atoms with Crippen molar-refractivity contribution in [2.45, 2.75) is 20.3 Å². The number of nitrogens with one attached hydrogen (secondary N) is 3. The number of rotatable bonds is 6. The van der Waals surface area contributed by atoms with E-state index in [1.807, 2.05) is 54.7 Å². The molecule has 0 saturated heterocycles. The number of nitrogens with two attached hydrogens (primary N) is 2. The summed E-state index contributed by atoms with van der Waals surface area (Å²) in [5, 5.41) is 13.0. The van der Waals surface area contributed by atoms with Crippen LogP contribution in [0.2, 0.25) is 0 Å². The molecule has 0 aliphatic heterocycles. The molecule has 0 saturated carbocycles. The van der Waals surface area contributed by atoms with Gasteiger partial charge in [0.2, 0.25) is 5.96 Å². The lowest BCUT2D eigenvalue weighted by molar-refractivity contribution is 0.102. The van der Waals surface area contributed by atoms with Gasteiger partial charge in [-0.25, -0.2) is 0 Å². The molecule has 0 spiro atoms. The van der Waals surface area contributed by atoms with Gasteiger partial charge < -0.3 is 26.8 Å². The zero-order chi connectivity index (χ0) is 22.0. The van der Waals surface area contributed by atoms with E-state index in [1.165, 1.54) is 0 Å². The maximum absolute atomic E-state index is 12.8. The van der Waals surface area contributed by atoms with Crippen LogP contribution in [0, 0.1) is 5.92 Å². The maximum Gasteiger partial charge on any atom is 0.272 e. The van der Waals surface area contributed by atoms with Crippen LogP contribution in [0.1, 0.15) is 36.3 Å². The Hall–Kier alpha value is -4.07. The van der Waals surface area contributed by atoms with Crippen LogP contribution in [0.25, 0.3) is 21.8 Å². The fourth-order valence-electron chi connectivity index (χ4n) is 3.47. The fourth-order valence-corrected chi connectivity index (χ4v) is 3.47. The van der Waals surface area contributed by atoms with Crippen molar-refractivity contribution in [3.63, 3.8) is 0 Å². The molecule has 2 aromatic heterocycles. The highest BCUT2D eigenvalue weighted by Gasteiger charge is 2.13. The minimum Gasteiger partial charge on any atom is -0.369 e. The molecule has 0 atom stereocenters. The Bertz CT molecular complexity index is 1310. The summed E-state index contributed by atoms with van der Waals surface area (Å²) in [4.78, 5) is 19.1. The molecule has 0 aliphatic carbocycles. The molecule has 0 unspecified atom stereocenters. The molecule has 8 nitrogen and oxygen atoms in total. The topological polar surface area (TPSA) is 137 Å². The predicted octanol–water partition coefficient (Wildman–Crippen LogP) is 3.93. The predicted molar refractivity (Wildman–Crippen MR) is 126 cm³/mol. The minimum absolute atomic E-state index is 0.0845. The number of nitrogens with zero attached hydrogens (tertiary/aromatic N) is 2. The third-order valence-corrected chi connectivity index (χ3v) is 4.90. The Kier molecular flexibility index (Phi) is 5.44. The Labute approximate surface area is 179 Å². The van der Waals surface area contributed by atoms with E-state index in [-0.39, 0.29) is 11.9 Å². The molecule has 4 aromatic rings. The highest BCUT2D eigenvalue weighted by Crippen LogP contribution is 2.22. The van der Waals surface area contributed by atoms with Crippen LogP contribution in [0.3, 0.4) is 0 Å². The zero-order valence-corrected chi connectivity index (χ0v) is 17.4. The van der Waals surface area contributed by atoms with E-state index in [1.54, 1.807) is 0 Å². The summed E-state index contributed by atoms with van der Waals surface area (Å²) >= 11 is 0. The molecule has 7 N–H and O–H groups in total. The molecule has 4 rings (SSSR count). The van der Waals surface area contributed by atoms with Crippen molar-refractivity contribution in [3.8, 4) is 0 Å². The van der Waals surface area contributed by atoms with E-state index >= 15 is 0 Å². The number of aromatic amines is 2. The summed E-state index contributed by atoms with van der Waals surface area (Å²) < 4.78 is 0. The zero-order valence-electron chi connectivity index (χ0n) is 17.4. The van der Waals surface area contributed by atoms with Crippen molar-refractivity contribution in [1.29, 1.82) is 0 Å². The number of carbonyl (C=O) groups excluding carboxylic acids is 1. The summed E-state index contributed by atoms with van der Waals surface area (Å²) in [7, 11) is 0. The van der Waals surface area contributed by atoms with Gasteiger partial charge in [0.1, 0.15) is 5.69 Å². The molecule has 2 heterocycles. The number of hydrogen-bond donors (Lipinski definition) is 5. The summed E-state index contributed by atoms with van der Waals surface area (Å²) in [5.74, 6) is 0.0876. The first kappa shape index (κ1) is 20.2. The largest absolute Gasteiger partial charge is 0.369 e. The standard InChI is InChI=1S/C23H25N7O/c1-13(2)9-20(29-30-23(24)25)16-4-3-15-11-21(28-19(15)10-16)22(31)27-17-6-5-14-7-8-26-18(14)12-17/h3-8,10-13,26,28H,9H2,1-2H3,(H,27,31)(H4,24,25,30)/b29-20+. The molecule has 31 heavy (non-hydrogen) atoms. The first-order chi connectivity index (χ1) is 14.9. The minimum atomic E-state index is -0.208. The molecule has 0 fully saturated rings. The average molecular weight is 416 g/mol. The van der Waals surface area contributed by atoms with Gasteiger partial charge in [0.15, 0.2) is 0 Å². The van der Waals surface area contributed by atoms with Crippen LogP contribution >= 0.6 is 0 Å². The highest BCUT2D eigenvalue weighted by molar-refractivity contribution is 6.08. The van der Waals surface area contributed by atoms with Crippen LogP contribution < -0.4 is 16.8 Å². The van der Waals surface area contributed by atoms with Gasteiger partial charge in [-0.1, -0.05) is 32.0 Å². The van der Waals surface area contributed by atoms with E-state index in [0.29, 0.717) is 11.6 Å². The van der Waals surface area contributed by atoms with Crippen molar-refractivity contribution in [2.75, 3.05) is 5.32 Å². The van der Waals surface area contributed by atoms with Crippen LogP contribution in [-0.4, -0.2) is 27.5 Å². The highest BCUT2D eigenvalue weighted by atomic mass is 16.1. The Morgan fingerprint density at radius 1 is 1.00 bits per heavy atom. The number of aromatic nitrogens is 2. The van der Waals surface area contributed by atoms with Gasteiger partial charge in [0, 0.05) is 28.3 Å². The van der Waals surface area contributed by atoms with Crippen LogP contribution in [-0.2, 0) is 0 Å². The molecule has 1 amide bonds. The van der Waals surface area contributed by atoms with Gasteiger partial charge in [-0.2, -0.15) is 5.10 Å². The van der Waals surface area contributed by atoms with Gasteiger partial charge in [-0.3, -0.25) is 4.79 Å². The normalized spacial score (nSPS) is 11.9. The molecule has 0 bridgehead atoms. The second-order valence-electron chi connectivity index (χ2n) is 7.89. The van der Waals surface area contributed by atoms with E-state index in [2.05, 4.69) is 39.3 Å². The number of anilines is 1. The van der Waals surface area contributed by atoms with Crippen LogP contribution in [0.4, 0.5) is 5.69 Å². The third-order valence-electron chi connectivity index (χ3n) is 4.90. The van der Waals surface area contributed by atoms with Gasteiger partial charge in [0.25, 0.3) is 5.91 Å². The molecular weight excluding hydrogens is 390 g/mol. The lowest BCUT2D eigenvalue weighted by Gasteiger charge is -2.08. The number of benzene rings is 2. The second-order valence-corrected chi connectivity index (χ2v) is 7.89. The number of carbonyl (C=O) groups is 1. The van der Waals surface area contributed by atoms with Crippen molar-refractivity contribution in [2.24, 2.45) is 27.6 Å². The number of hydrogen-bond acceptors (Lipinski definition) is 3. The van der Waals surface area contributed by atoms with E-state index in [9.17, 15) is 4.79 Å². The molecule has 158 valence electrons. The summed E-state index contributed by atoms with van der Waals surface area (Å²) in [5.41, 5.74) is 15.6. The first-order valence-corrected chi connectivity index (χ1v) is 10.1. The molecule has 0 aliphatic rings. The Balaban J connectivity index is 1.60. The molecule has 2 aromatic carbocycles. The molecular formula is C23H25N7O. The lowest BCUT2D eigenvalue weighted by Crippen LogP contribution is -2.22. The number of fused-ring (bicyclic) bond motifs is 2. The maximum atomic E-state index is 12.8. The molecule has 0 radical (unpaired) electrons. The SMILES string of the molecule is CC(C)C/C(=N\N=C(N)N)c1ccc2cc(C(=O)Nc3ccc4cc[nH]c4c3)[nH]c2c1. The summed E-state index contributed by atoms with van der Waals surface area (Å²) in [6, 6.07) is 15.4. The summed E-state index contributed by atoms with van der Waals surface area (Å²) in [6.45, 7) is 4.20. The Morgan fingerprint density at radius 2 is 1.81 bits per heavy atom. The van der Waals surface area contributed by atoms with Gasteiger partial charge in [-0.05, 0) is 53.6 Å². The van der Waals surface area contributed by atoms with Gasteiger partial charge in [-0.15, -0.1) is 5.10 Å². The molecule has 8 heteroatoms. The fraction of sp³-hybridized carbons (Fsp3) is 0.174. The average Bonchev–Trinajstić information content (AvgIpc) is 3.36. The van der Waals surface area contributed by atoms with Crippen molar-refractivity contribution in [1.82, 2.24) is 9.97 Å². The Morgan fingerprint density at radius 3 is 2.58 bits per heavy atom. The van der Waals surface area contributed by atoms with Crippen LogP contribution in [0.15, 0.2) is 64.9 Å². The van der Waals surface area contributed by atoms with Crippen molar-refractivity contribution < 1.29 is 4.79 Å². The van der Waals surface area contributed by atoms with Crippen molar-refractivity contribution >= 4 is 45.1 Å². The van der Waals surface area contributed by atoms with Crippen LogP contribution in [0.5, 0.6) is 0 Å². The number of amides is 1. The van der Waals surface area contributed by atoms with E-state index in [0.717, 1.165) is 45.2 Å². The second kappa shape index (κ2) is 8.35. The third kappa shape index (κ3) is 4.58. The number of H-pyrrole nitrogens is 2. The van der Waals surface area contributed by atoms with Gasteiger partial charge in [0.05, 0.1) is 5.71 Å². The summed E-state index contributed by atoms with van der Waals surface area (Å²) in [6.07, 6.45) is 2.59. The van der Waals surface area contributed by atoms with Crippen molar-refractivity contribution in [3.05, 3.63) is 66.0 Å². The first-order valence-electron chi connectivity index (χ1n) is 10.1. The smallest absolute Gasteiger partial charge is 0.272 e. The van der Waals surface area contributed by atoms with Gasteiger partial charge >= 0.3 is 0 Å². The number of guanidine groups is 1. The van der Waals surface area contributed by atoms with E-state index < -0.39 is 0 Å². The quantitative estimate of drug-likeness (QED) is 0.185. The monoisotopic (exact) mass is 415 g/mol. The lowest BCUT2D eigenvalue weighted by atomic mass is 9.99. The van der Waals surface area contributed by atoms with E-state index in [4.69, 9.17) is 11.5 Å².